The second-order valence-electron chi connectivity index (χ2n) is 7.78. The van der Waals surface area contributed by atoms with Gasteiger partial charge in [-0.2, -0.15) is 26.3 Å². The van der Waals surface area contributed by atoms with Crippen molar-refractivity contribution in [1.82, 2.24) is 5.32 Å². The smallest absolute Gasteiger partial charge is 0.416 e. The summed E-state index contributed by atoms with van der Waals surface area (Å²) in [6, 6.07) is 14.3. The first kappa shape index (κ1) is 26.6. The van der Waals surface area contributed by atoms with E-state index in [2.05, 4.69) is 0 Å². The molecule has 0 spiro atoms. The second kappa shape index (κ2) is 10.7. The predicted octanol–water partition coefficient (Wildman–Crippen LogP) is 5.73. The SMILES string of the molecule is O=C(N[C@H](Cc1ccc(OCc2ccccc2)cc1)C(=O)O)c1cc(C(F)(F)F)cc(C(F)(F)F)c1. The normalized spacial score (nSPS) is 12.6. The molecule has 0 saturated heterocycles. The molecule has 5 nitrogen and oxygen atoms in total. The standard InChI is InChI=1S/C25H19F6NO4/c26-24(27,28)18-11-17(12-19(13-18)25(29,30)31)22(33)32-21(23(34)35)10-15-6-8-20(9-7-15)36-14-16-4-2-1-3-5-16/h1-9,11-13,21H,10,14H2,(H,32,33)(H,34,35)/t21-/m1/s1. The molecule has 11 heteroatoms. The van der Waals surface area contributed by atoms with Gasteiger partial charge in [0.25, 0.3) is 5.91 Å². The van der Waals surface area contributed by atoms with Gasteiger partial charge in [-0.3, -0.25) is 4.79 Å². The Balaban J connectivity index is 1.72. The highest BCUT2D eigenvalue weighted by Crippen LogP contribution is 2.36. The van der Waals surface area contributed by atoms with Crippen LogP contribution < -0.4 is 10.1 Å². The maximum atomic E-state index is 13.1. The Hall–Kier alpha value is -4.02. The van der Waals surface area contributed by atoms with Gasteiger partial charge in [0.15, 0.2) is 0 Å². The van der Waals surface area contributed by atoms with E-state index in [1.165, 1.54) is 12.1 Å². The lowest BCUT2D eigenvalue weighted by molar-refractivity contribution is -0.143. The molecule has 1 atom stereocenters. The first-order valence-corrected chi connectivity index (χ1v) is 10.4. The van der Waals surface area contributed by atoms with Crippen LogP contribution in [0.5, 0.6) is 5.75 Å². The Morgan fingerprint density at radius 1 is 0.806 bits per heavy atom. The highest BCUT2D eigenvalue weighted by Gasteiger charge is 2.37. The number of carboxylic acids is 1. The number of nitrogens with one attached hydrogen (secondary N) is 1. The van der Waals surface area contributed by atoms with Crippen LogP contribution in [0.25, 0.3) is 0 Å². The molecule has 1 amide bonds. The van der Waals surface area contributed by atoms with Crippen LogP contribution in [0.1, 0.15) is 32.6 Å². The minimum atomic E-state index is -5.15. The van der Waals surface area contributed by atoms with E-state index in [1.54, 1.807) is 12.1 Å². The van der Waals surface area contributed by atoms with Crippen LogP contribution in [0.2, 0.25) is 0 Å². The van der Waals surface area contributed by atoms with E-state index >= 15 is 0 Å². The van der Waals surface area contributed by atoms with Crippen molar-refractivity contribution in [1.29, 1.82) is 0 Å². The molecule has 2 N–H and O–H groups in total. The van der Waals surface area contributed by atoms with Gasteiger partial charge in [-0.05, 0) is 41.5 Å². The van der Waals surface area contributed by atoms with E-state index in [0.29, 0.717) is 17.9 Å². The number of carbonyl (C=O) groups is 2. The summed E-state index contributed by atoms with van der Waals surface area (Å²) < 4.78 is 84.0. The number of carbonyl (C=O) groups excluding carboxylic acids is 1. The highest BCUT2D eigenvalue weighted by molar-refractivity contribution is 5.97. The van der Waals surface area contributed by atoms with Crippen LogP contribution in [0.4, 0.5) is 26.3 Å². The zero-order valence-electron chi connectivity index (χ0n) is 18.4. The lowest BCUT2D eigenvalue weighted by Crippen LogP contribution is -2.42. The molecule has 3 rings (SSSR count). The van der Waals surface area contributed by atoms with E-state index in [4.69, 9.17) is 4.74 Å². The van der Waals surface area contributed by atoms with Crippen LogP contribution >= 0.6 is 0 Å². The van der Waals surface area contributed by atoms with Crippen LogP contribution in [0, 0.1) is 0 Å². The fourth-order valence-corrected chi connectivity index (χ4v) is 3.23. The number of halogens is 6. The first-order chi connectivity index (χ1) is 16.8. The molecule has 3 aromatic carbocycles. The van der Waals surface area contributed by atoms with Gasteiger partial charge in [-0.1, -0.05) is 42.5 Å². The number of ether oxygens (including phenoxy) is 1. The molecule has 0 aliphatic rings. The highest BCUT2D eigenvalue weighted by atomic mass is 19.4. The summed E-state index contributed by atoms with van der Waals surface area (Å²) in [5.41, 5.74) is -2.96. The largest absolute Gasteiger partial charge is 0.489 e. The number of hydrogen-bond acceptors (Lipinski definition) is 3. The Kier molecular flexibility index (Phi) is 7.91. The number of rotatable bonds is 8. The average Bonchev–Trinajstić information content (AvgIpc) is 2.82. The summed E-state index contributed by atoms with van der Waals surface area (Å²) in [5, 5.41) is 11.5. The number of alkyl halides is 6. The number of benzene rings is 3. The fourth-order valence-electron chi connectivity index (χ4n) is 3.23. The molecule has 0 radical (unpaired) electrons. The summed E-state index contributed by atoms with van der Waals surface area (Å²) in [6.45, 7) is 0.297. The third-order valence-corrected chi connectivity index (χ3v) is 5.06. The van der Waals surface area contributed by atoms with E-state index in [9.17, 15) is 41.0 Å². The number of carboxylic acid groups (broad SMARTS) is 1. The molecular weight excluding hydrogens is 492 g/mol. The van der Waals surface area contributed by atoms with Crippen molar-refractivity contribution in [3.8, 4) is 5.75 Å². The molecular formula is C25H19F6NO4. The van der Waals surface area contributed by atoms with Crippen molar-refractivity contribution >= 4 is 11.9 Å². The Labute approximate surface area is 201 Å². The zero-order chi connectivity index (χ0) is 26.5. The molecule has 0 aromatic heterocycles. The maximum Gasteiger partial charge on any atom is 0.416 e. The minimum Gasteiger partial charge on any atom is -0.489 e. The molecule has 0 aliphatic carbocycles. The summed E-state index contributed by atoms with van der Waals surface area (Å²) >= 11 is 0. The minimum absolute atomic E-state index is 0.118. The number of hydrogen-bond donors (Lipinski definition) is 2. The molecule has 0 unspecified atom stereocenters. The predicted molar refractivity (Wildman–Crippen MR) is 116 cm³/mol. The maximum absolute atomic E-state index is 13.1. The van der Waals surface area contributed by atoms with Crippen molar-refractivity contribution in [2.75, 3.05) is 0 Å². The molecule has 0 bridgehead atoms. The molecule has 0 aliphatic heterocycles. The molecule has 3 aromatic rings. The zero-order valence-corrected chi connectivity index (χ0v) is 18.4. The van der Waals surface area contributed by atoms with E-state index in [-0.39, 0.29) is 24.6 Å². The van der Waals surface area contributed by atoms with Gasteiger partial charge in [0.2, 0.25) is 0 Å². The van der Waals surface area contributed by atoms with Gasteiger partial charge in [0.1, 0.15) is 18.4 Å². The average molecular weight is 511 g/mol. The lowest BCUT2D eigenvalue weighted by Gasteiger charge is -2.17. The van der Waals surface area contributed by atoms with Crippen LogP contribution in [0.3, 0.4) is 0 Å². The molecule has 0 fully saturated rings. The quantitative estimate of drug-likeness (QED) is 0.379. The van der Waals surface area contributed by atoms with E-state index < -0.39 is 47.0 Å². The van der Waals surface area contributed by atoms with Crippen molar-refractivity contribution in [3.63, 3.8) is 0 Å². The molecule has 0 heterocycles. The van der Waals surface area contributed by atoms with Gasteiger partial charge < -0.3 is 15.2 Å². The lowest BCUT2D eigenvalue weighted by atomic mass is 10.0. The Bertz CT molecular complexity index is 1180. The molecule has 36 heavy (non-hydrogen) atoms. The summed E-state index contributed by atoms with van der Waals surface area (Å²) in [5.74, 6) is -2.42. The van der Waals surface area contributed by atoms with Crippen LogP contribution in [-0.2, 0) is 30.2 Å². The van der Waals surface area contributed by atoms with E-state index in [0.717, 1.165) is 5.56 Å². The van der Waals surface area contributed by atoms with Gasteiger partial charge in [-0.25, -0.2) is 4.79 Å². The van der Waals surface area contributed by atoms with Crippen LogP contribution in [-0.4, -0.2) is 23.0 Å². The van der Waals surface area contributed by atoms with Gasteiger partial charge in [0, 0.05) is 12.0 Å². The number of amides is 1. The third kappa shape index (κ3) is 7.24. The fraction of sp³-hybridized carbons (Fsp3) is 0.200. The topological polar surface area (TPSA) is 75.6 Å². The summed E-state index contributed by atoms with van der Waals surface area (Å²) in [7, 11) is 0. The second-order valence-corrected chi connectivity index (χ2v) is 7.78. The van der Waals surface area contributed by atoms with E-state index in [1.807, 2.05) is 35.6 Å². The van der Waals surface area contributed by atoms with Crippen molar-refractivity contribution in [2.24, 2.45) is 0 Å². The number of aliphatic carboxylic acids is 1. The van der Waals surface area contributed by atoms with Crippen molar-refractivity contribution in [2.45, 2.75) is 31.4 Å². The summed E-state index contributed by atoms with van der Waals surface area (Å²) in [6.07, 6.45) is -10.6. The Morgan fingerprint density at radius 2 is 1.36 bits per heavy atom. The molecule has 190 valence electrons. The van der Waals surface area contributed by atoms with Crippen molar-refractivity contribution in [3.05, 3.63) is 101 Å². The molecule has 0 saturated carbocycles. The van der Waals surface area contributed by atoms with Gasteiger partial charge in [0.05, 0.1) is 11.1 Å². The van der Waals surface area contributed by atoms with Crippen molar-refractivity contribution < 1.29 is 45.8 Å². The summed E-state index contributed by atoms with van der Waals surface area (Å²) in [4.78, 5) is 24.1. The monoisotopic (exact) mass is 511 g/mol. The first-order valence-electron chi connectivity index (χ1n) is 10.4. The van der Waals surface area contributed by atoms with Gasteiger partial charge >= 0.3 is 18.3 Å². The van der Waals surface area contributed by atoms with Crippen LogP contribution in [0.15, 0.2) is 72.8 Å². The third-order valence-electron chi connectivity index (χ3n) is 5.06. The Morgan fingerprint density at radius 3 is 1.86 bits per heavy atom. The van der Waals surface area contributed by atoms with Gasteiger partial charge in [-0.15, -0.1) is 0 Å².